The van der Waals surface area contributed by atoms with Crippen molar-refractivity contribution in [2.45, 2.75) is 55.6 Å². The van der Waals surface area contributed by atoms with E-state index in [1.807, 2.05) is 0 Å². The Morgan fingerprint density at radius 2 is 1.97 bits per heavy atom. The Balaban J connectivity index is 1.90. The quantitative estimate of drug-likeness (QED) is 0.257. The molecule has 1 N–H and O–H groups in total. The zero-order valence-electron chi connectivity index (χ0n) is 16.7. The van der Waals surface area contributed by atoms with Crippen LogP contribution in [0.2, 0.25) is 0 Å². The molecule has 0 radical (unpaired) electrons. The molecule has 4 atom stereocenters. The van der Waals surface area contributed by atoms with Crippen LogP contribution in [0, 0.1) is 16.0 Å². The van der Waals surface area contributed by atoms with Crippen LogP contribution in [0.15, 0.2) is 29.2 Å². The predicted octanol–water partition coefficient (Wildman–Crippen LogP) is 2.11. The highest BCUT2D eigenvalue weighted by Gasteiger charge is 2.62. The van der Waals surface area contributed by atoms with E-state index in [2.05, 4.69) is 20.7 Å². The number of hydrogen-bond donors (Lipinski definition) is 1. The summed E-state index contributed by atoms with van der Waals surface area (Å²) in [5.74, 6) is -1.65. The maximum absolute atomic E-state index is 13.1. The van der Waals surface area contributed by atoms with Crippen LogP contribution in [0.1, 0.15) is 27.2 Å². The first-order valence-electron chi connectivity index (χ1n) is 9.22. The number of rotatable bonds is 7. The molecule has 30 heavy (non-hydrogen) atoms. The summed E-state index contributed by atoms with van der Waals surface area (Å²) in [6.45, 7) is 4.84. The highest BCUT2D eigenvalue weighted by atomic mass is 79.9. The number of carbonyl (C=O) groups excluding carboxylic acids is 1. The molecule has 166 valence electrons. The number of benzene rings is 1. The summed E-state index contributed by atoms with van der Waals surface area (Å²) in [5, 5.41) is 11.1. The van der Waals surface area contributed by atoms with Crippen LogP contribution in [-0.2, 0) is 29.0 Å². The second-order valence-corrected chi connectivity index (χ2v) is 10.2. The van der Waals surface area contributed by atoms with E-state index < -0.39 is 44.4 Å². The maximum atomic E-state index is 13.1. The first-order valence-corrected chi connectivity index (χ1v) is 11.8. The van der Waals surface area contributed by atoms with Crippen LogP contribution in [0.25, 0.3) is 0 Å². The van der Waals surface area contributed by atoms with Gasteiger partial charge in [0.1, 0.15) is 6.10 Å². The Kier molecular flexibility index (Phi) is 6.27. The van der Waals surface area contributed by atoms with Gasteiger partial charge < -0.3 is 14.2 Å². The highest BCUT2D eigenvalue weighted by molar-refractivity contribution is 9.09. The molecule has 1 saturated carbocycles. The second-order valence-electron chi connectivity index (χ2n) is 7.93. The summed E-state index contributed by atoms with van der Waals surface area (Å²) in [4.78, 5) is 21.4. The molecule has 1 aliphatic heterocycles. The van der Waals surface area contributed by atoms with E-state index in [-0.39, 0.29) is 28.4 Å². The van der Waals surface area contributed by atoms with Crippen molar-refractivity contribution in [1.82, 2.24) is 4.72 Å². The number of fused-ring (bicyclic) bond motifs is 1. The molecule has 1 aliphatic carbocycles. The van der Waals surface area contributed by atoms with Crippen molar-refractivity contribution in [3.63, 3.8) is 0 Å². The fourth-order valence-electron chi connectivity index (χ4n) is 3.97. The normalized spacial score (nSPS) is 30.1. The lowest BCUT2D eigenvalue weighted by Crippen LogP contribution is -2.57. The molecule has 0 aromatic heterocycles. The van der Waals surface area contributed by atoms with E-state index in [9.17, 15) is 23.3 Å². The second kappa shape index (κ2) is 8.15. The van der Waals surface area contributed by atoms with Crippen LogP contribution < -0.4 is 4.72 Å². The van der Waals surface area contributed by atoms with Crippen LogP contribution in [0.3, 0.4) is 0 Å². The monoisotopic (exact) mass is 506 g/mol. The summed E-state index contributed by atoms with van der Waals surface area (Å²) in [6.07, 6.45) is -0.792. The molecule has 2 fully saturated rings. The van der Waals surface area contributed by atoms with Crippen LogP contribution in [0.5, 0.6) is 0 Å². The first-order chi connectivity index (χ1) is 13.9. The average molecular weight is 507 g/mol. The van der Waals surface area contributed by atoms with Gasteiger partial charge in [0, 0.05) is 30.3 Å². The Morgan fingerprint density at radius 3 is 2.50 bits per heavy atom. The number of non-ortho nitro benzene ring substituents is 1. The predicted molar refractivity (Wildman–Crippen MR) is 109 cm³/mol. The molecular weight excluding hydrogens is 484 g/mol. The van der Waals surface area contributed by atoms with E-state index in [1.165, 1.54) is 19.1 Å². The molecule has 10 nitrogen and oxygen atoms in total. The Bertz CT molecular complexity index is 936. The van der Waals surface area contributed by atoms with E-state index in [1.54, 1.807) is 13.8 Å². The van der Waals surface area contributed by atoms with E-state index in [4.69, 9.17) is 14.2 Å². The van der Waals surface area contributed by atoms with Gasteiger partial charge in [-0.2, -0.15) is 0 Å². The fourth-order valence-corrected chi connectivity index (χ4v) is 6.26. The number of esters is 1. The first kappa shape index (κ1) is 23.1. The molecule has 1 saturated heterocycles. The third-order valence-corrected chi connectivity index (χ3v) is 7.77. The molecule has 0 unspecified atom stereocenters. The SMILES string of the molecule is CC(=O)OC[C@H]1C[C@@](CBr)(NS(=O)(=O)c2ccc([N+](=O)[O-])cc2)[C@@H]2OC(C)(C)O[C@H]12. The lowest BCUT2D eigenvalue weighted by atomic mass is 9.98. The van der Waals surface area contributed by atoms with Crippen LogP contribution in [-0.4, -0.2) is 54.8 Å². The number of sulfonamides is 1. The van der Waals surface area contributed by atoms with Crippen molar-refractivity contribution in [1.29, 1.82) is 0 Å². The molecule has 1 aromatic carbocycles. The molecule has 0 amide bonds. The molecule has 0 spiro atoms. The average Bonchev–Trinajstić information content (AvgIpc) is 3.12. The van der Waals surface area contributed by atoms with Crippen molar-refractivity contribution in [2.24, 2.45) is 5.92 Å². The molecule has 0 bridgehead atoms. The van der Waals surface area contributed by atoms with Gasteiger partial charge in [0.05, 0.1) is 28.1 Å². The zero-order valence-corrected chi connectivity index (χ0v) is 19.1. The lowest BCUT2D eigenvalue weighted by molar-refractivity contribution is -0.384. The van der Waals surface area contributed by atoms with Crippen LogP contribution >= 0.6 is 15.9 Å². The third-order valence-electron chi connectivity index (χ3n) is 5.20. The molecule has 2 aliphatic rings. The van der Waals surface area contributed by atoms with Crippen molar-refractivity contribution in [2.75, 3.05) is 11.9 Å². The van der Waals surface area contributed by atoms with Gasteiger partial charge in [-0.05, 0) is 32.4 Å². The smallest absolute Gasteiger partial charge is 0.302 e. The number of hydrogen-bond acceptors (Lipinski definition) is 8. The standard InChI is InChI=1S/C18H23BrN2O8S/c1-11(22)27-9-12-8-18(10-19,16-15(12)28-17(2,3)29-16)20-30(25,26)14-6-4-13(5-7-14)21(23)24/h4-7,12,15-16,20H,8-10H2,1-3H3/t12-,15-,16-,18+/m1/s1. The van der Waals surface area contributed by atoms with E-state index >= 15 is 0 Å². The molecular formula is C18H23BrN2O8S. The Hall–Kier alpha value is -1.60. The highest BCUT2D eigenvalue weighted by Crippen LogP contribution is 2.48. The number of ether oxygens (including phenoxy) is 3. The minimum absolute atomic E-state index is 0.0734. The van der Waals surface area contributed by atoms with Gasteiger partial charge in [-0.1, -0.05) is 15.9 Å². The summed E-state index contributed by atoms with van der Waals surface area (Å²) in [6, 6.07) is 4.63. The van der Waals surface area contributed by atoms with Gasteiger partial charge in [0.15, 0.2) is 5.79 Å². The number of carbonyl (C=O) groups is 1. The minimum atomic E-state index is -4.03. The zero-order chi connectivity index (χ0) is 22.3. The third kappa shape index (κ3) is 4.52. The molecule has 3 rings (SSSR count). The molecule has 1 aromatic rings. The molecule has 1 heterocycles. The number of nitrogens with zero attached hydrogens (tertiary/aromatic N) is 1. The van der Waals surface area contributed by atoms with Crippen molar-refractivity contribution >= 4 is 37.6 Å². The van der Waals surface area contributed by atoms with Gasteiger partial charge in [-0.3, -0.25) is 14.9 Å². The van der Waals surface area contributed by atoms with E-state index in [0.717, 1.165) is 12.1 Å². The summed E-state index contributed by atoms with van der Waals surface area (Å²) in [5.41, 5.74) is -1.27. The summed E-state index contributed by atoms with van der Waals surface area (Å²) in [7, 11) is -4.03. The van der Waals surface area contributed by atoms with Crippen molar-refractivity contribution in [3.05, 3.63) is 34.4 Å². The molecule has 12 heteroatoms. The van der Waals surface area contributed by atoms with Gasteiger partial charge in [-0.15, -0.1) is 0 Å². The number of nitrogens with one attached hydrogen (secondary N) is 1. The Labute approximate surface area is 182 Å². The minimum Gasteiger partial charge on any atom is -0.465 e. The largest absolute Gasteiger partial charge is 0.465 e. The summed E-state index contributed by atoms with van der Waals surface area (Å²) < 4.78 is 46.1. The topological polar surface area (TPSA) is 134 Å². The lowest BCUT2D eigenvalue weighted by Gasteiger charge is -2.34. The van der Waals surface area contributed by atoms with Crippen molar-refractivity contribution in [3.8, 4) is 0 Å². The van der Waals surface area contributed by atoms with Gasteiger partial charge in [0.2, 0.25) is 10.0 Å². The summed E-state index contributed by atoms with van der Waals surface area (Å²) >= 11 is 3.41. The fraction of sp³-hybridized carbons (Fsp3) is 0.611. The van der Waals surface area contributed by atoms with Crippen molar-refractivity contribution < 1.29 is 32.3 Å². The van der Waals surface area contributed by atoms with Gasteiger partial charge in [0.25, 0.3) is 5.69 Å². The van der Waals surface area contributed by atoms with Gasteiger partial charge in [-0.25, -0.2) is 13.1 Å². The Morgan fingerprint density at radius 1 is 1.33 bits per heavy atom. The van der Waals surface area contributed by atoms with Crippen LogP contribution in [0.4, 0.5) is 5.69 Å². The number of nitro groups is 1. The number of nitro benzene ring substituents is 1. The number of alkyl halides is 1. The van der Waals surface area contributed by atoms with Gasteiger partial charge >= 0.3 is 5.97 Å². The van der Waals surface area contributed by atoms with E-state index in [0.29, 0.717) is 6.42 Å². The maximum Gasteiger partial charge on any atom is 0.302 e. The number of halogens is 1.